The molecule has 1 aliphatic rings. The summed E-state index contributed by atoms with van der Waals surface area (Å²) in [6.07, 6.45) is 9.19. The number of rotatable bonds is 4. The van der Waals surface area contributed by atoms with Gasteiger partial charge in [0.25, 0.3) is 0 Å². The molecule has 0 amide bonds. The van der Waals surface area contributed by atoms with Gasteiger partial charge in [-0.15, -0.1) is 0 Å². The van der Waals surface area contributed by atoms with Crippen molar-refractivity contribution >= 4 is 5.95 Å². The fraction of sp³-hybridized carbons (Fsp3) is 0.800. The van der Waals surface area contributed by atoms with E-state index in [-0.39, 0.29) is 0 Å². The molecule has 1 unspecified atom stereocenters. The van der Waals surface area contributed by atoms with E-state index in [0.29, 0.717) is 17.4 Å². The molecule has 102 valence electrons. The Morgan fingerprint density at radius 3 is 2.94 bits per heavy atom. The van der Waals surface area contributed by atoms with Crippen LogP contribution in [0.3, 0.4) is 0 Å². The molecule has 2 rings (SSSR count). The minimum atomic E-state index is 0.478. The lowest BCUT2D eigenvalue weighted by Gasteiger charge is -2.35. The molecule has 0 aromatic carbocycles. The molecule has 0 bridgehead atoms. The van der Waals surface area contributed by atoms with Crippen molar-refractivity contribution in [3.05, 3.63) is 12.4 Å². The Morgan fingerprint density at radius 2 is 2.28 bits per heavy atom. The van der Waals surface area contributed by atoms with Crippen LogP contribution in [0.25, 0.3) is 0 Å². The molecule has 3 heteroatoms. The van der Waals surface area contributed by atoms with Crippen LogP contribution in [-0.4, -0.2) is 15.6 Å². The standard InChI is InChI=1S/C15H27N3/c1-12(2)11-18-9-8-16-14(18)17-13-6-5-7-15(3,4)10-13/h8-9,12-13H,5-7,10-11H2,1-4H3,(H,16,17). The molecule has 1 fully saturated rings. The second-order valence-electron chi connectivity index (χ2n) is 6.90. The third-order valence-electron chi connectivity index (χ3n) is 3.82. The molecular formula is C15H27N3. The second-order valence-corrected chi connectivity index (χ2v) is 6.90. The van der Waals surface area contributed by atoms with Crippen LogP contribution < -0.4 is 5.32 Å². The normalized spacial score (nSPS) is 23.3. The van der Waals surface area contributed by atoms with Crippen molar-refractivity contribution in [1.29, 1.82) is 0 Å². The summed E-state index contributed by atoms with van der Waals surface area (Å²) in [7, 11) is 0. The highest BCUT2D eigenvalue weighted by Crippen LogP contribution is 2.36. The minimum absolute atomic E-state index is 0.478. The van der Waals surface area contributed by atoms with E-state index < -0.39 is 0 Å². The van der Waals surface area contributed by atoms with Crippen LogP contribution >= 0.6 is 0 Å². The third-order valence-corrected chi connectivity index (χ3v) is 3.82. The Kier molecular flexibility index (Phi) is 3.98. The van der Waals surface area contributed by atoms with Crippen molar-refractivity contribution in [2.24, 2.45) is 11.3 Å². The van der Waals surface area contributed by atoms with Gasteiger partial charge < -0.3 is 9.88 Å². The van der Waals surface area contributed by atoms with Crippen LogP contribution in [0.4, 0.5) is 5.95 Å². The molecule has 0 aliphatic heterocycles. The zero-order valence-electron chi connectivity index (χ0n) is 12.2. The molecule has 1 heterocycles. The minimum Gasteiger partial charge on any atom is -0.353 e. The van der Waals surface area contributed by atoms with E-state index in [0.717, 1.165) is 12.5 Å². The molecule has 1 aliphatic carbocycles. The Labute approximate surface area is 111 Å². The smallest absolute Gasteiger partial charge is 0.202 e. The summed E-state index contributed by atoms with van der Waals surface area (Å²) in [6.45, 7) is 10.3. The Bertz CT molecular complexity index is 379. The van der Waals surface area contributed by atoms with E-state index in [4.69, 9.17) is 0 Å². The van der Waals surface area contributed by atoms with Gasteiger partial charge in [0.15, 0.2) is 0 Å². The maximum atomic E-state index is 4.46. The summed E-state index contributed by atoms with van der Waals surface area (Å²) in [5.74, 6) is 1.70. The van der Waals surface area contributed by atoms with Gasteiger partial charge in [-0.1, -0.05) is 34.1 Å². The van der Waals surface area contributed by atoms with Crippen LogP contribution in [0.2, 0.25) is 0 Å². The van der Waals surface area contributed by atoms with Crippen molar-refractivity contribution in [1.82, 2.24) is 9.55 Å². The first kappa shape index (κ1) is 13.4. The van der Waals surface area contributed by atoms with E-state index in [2.05, 4.69) is 48.8 Å². The first-order chi connectivity index (χ1) is 8.46. The lowest BCUT2D eigenvalue weighted by molar-refractivity contribution is 0.229. The monoisotopic (exact) mass is 249 g/mol. The van der Waals surface area contributed by atoms with Gasteiger partial charge in [0.2, 0.25) is 5.95 Å². The summed E-state index contributed by atoms with van der Waals surface area (Å²) < 4.78 is 2.24. The van der Waals surface area contributed by atoms with E-state index in [1.165, 1.54) is 25.7 Å². The molecule has 0 saturated heterocycles. The zero-order valence-corrected chi connectivity index (χ0v) is 12.2. The Morgan fingerprint density at radius 1 is 1.50 bits per heavy atom. The number of hydrogen-bond acceptors (Lipinski definition) is 2. The van der Waals surface area contributed by atoms with Crippen molar-refractivity contribution in [2.45, 2.75) is 66.0 Å². The lowest BCUT2D eigenvalue weighted by atomic mass is 9.75. The average Bonchev–Trinajstić information content (AvgIpc) is 2.63. The van der Waals surface area contributed by atoms with Crippen molar-refractivity contribution < 1.29 is 0 Å². The van der Waals surface area contributed by atoms with Crippen LogP contribution in [0.5, 0.6) is 0 Å². The molecule has 0 spiro atoms. The zero-order chi connectivity index (χ0) is 13.2. The predicted molar refractivity (Wildman–Crippen MR) is 76.7 cm³/mol. The van der Waals surface area contributed by atoms with Crippen molar-refractivity contribution in [2.75, 3.05) is 5.32 Å². The van der Waals surface area contributed by atoms with Crippen LogP contribution in [0, 0.1) is 11.3 Å². The fourth-order valence-electron chi connectivity index (χ4n) is 2.99. The number of hydrogen-bond donors (Lipinski definition) is 1. The van der Waals surface area contributed by atoms with Gasteiger partial charge in [-0.25, -0.2) is 4.98 Å². The van der Waals surface area contributed by atoms with E-state index in [9.17, 15) is 0 Å². The van der Waals surface area contributed by atoms with Gasteiger partial charge in [-0.2, -0.15) is 0 Å². The summed E-state index contributed by atoms with van der Waals surface area (Å²) in [5.41, 5.74) is 0.478. The number of imidazole rings is 1. The molecular weight excluding hydrogens is 222 g/mol. The van der Waals surface area contributed by atoms with Crippen molar-refractivity contribution in [3.63, 3.8) is 0 Å². The number of aromatic nitrogens is 2. The summed E-state index contributed by atoms with van der Waals surface area (Å²) in [4.78, 5) is 4.46. The molecule has 1 atom stereocenters. The lowest BCUT2D eigenvalue weighted by Crippen LogP contribution is -2.32. The van der Waals surface area contributed by atoms with E-state index in [1.807, 2.05) is 6.20 Å². The fourth-order valence-corrected chi connectivity index (χ4v) is 2.99. The maximum absolute atomic E-state index is 4.46. The second kappa shape index (κ2) is 5.33. The first-order valence-corrected chi connectivity index (χ1v) is 7.24. The maximum Gasteiger partial charge on any atom is 0.202 e. The van der Waals surface area contributed by atoms with Crippen LogP contribution in [-0.2, 0) is 6.54 Å². The highest BCUT2D eigenvalue weighted by molar-refractivity contribution is 5.28. The van der Waals surface area contributed by atoms with E-state index >= 15 is 0 Å². The SMILES string of the molecule is CC(C)Cn1ccnc1NC1CCCC(C)(C)C1. The molecule has 1 aromatic rings. The van der Waals surface area contributed by atoms with Crippen molar-refractivity contribution in [3.8, 4) is 0 Å². The quantitative estimate of drug-likeness (QED) is 0.876. The summed E-state index contributed by atoms with van der Waals surface area (Å²) in [6, 6.07) is 0.585. The summed E-state index contributed by atoms with van der Waals surface area (Å²) >= 11 is 0. The molecule has 3 nitrogen and oxygen atoms in total. The Hall–Kier alpha value is -0.990. The number of nitrogens with zero attached hydrogens (tertiary/aromatic N) is 2. The number of nitrogens with one attached hydrogen (secondary N) is 1. The summed E-state index contributed by atoms with van der Waals surface area (Å²) in [5, 5.41) is 3.64. The third kappa shape index (κ3) is 3.50. The number of anilines is 1. The highest BCUT2D eigenvalue weighted by atomic mass is 15.2. The van der Waals surface area contributed by atoms with Gasteiger partial charge in [0.05, 0.1) is 0 Å². The predicted octanol–water partition coefficient (Wildman–Crippen LogP) is 3.92. The molecule has 1 N–H and O–H groups in total. The van der Waals surface area contributed by atoms with Crippen LogP contribution in [0.15, 0.2) is 12.4 Å². The average molecular weight is 249 g/mol. The highest BCUT2D eigenvalue weighted by Gasteiger charge is 2.28. The molecule has 1 saturated carbocycles. The van der Waals surface area contributed by atoms with Gasteiger partial charge in [0.1, 0.15) is 0 Å². The topological polar surface area (TPSA) is 29.9 Å². The Balaban J connectivity index is 1.98. The molecule has 0 radical (unpaired) electrons. The molecule has 1 aromatic heterocycles. The van der Waals surface area contributed by atoms with Gasteiger partial charge in [-0.05, 0) is 30.6 Å². The van der Waals surface area contributed by atoms with Gasteiger partial charge in [-0.3, -0.25) is 0 Å². The van der Waals surface area contributed by atoms with Crippen LogP contribution in [0.1, 0.15) is 53.4 Å². The van der Waals surface area contributed by atoms with Gasteiger partial charge >= 0.3 is 0 Å². The van der Waals surface area contributed by atoms with Gasteiger partial charge in [0, 0.05) is 25.0 Å². The molecule has 18 heavy (non-hydrogen) atoms. The first-order valence-electron chi connectivity index (χ1n) is 7.24. The van der Waals surface area contributed by atoms with E-state index in [1.54, 1.807) is 0 Å². The largest absolute Gasteiger partial charge is 0.353 e.